The van der Waals surface area contributed by atoms with Crippen molar-refractivity contribution in [3.63, 3.8) is 0 Å². The zero-order valence-electron chi connectivity index (χ0n) is 11.3. The first-order valence-electron chi connectivity index (χ1n) is 6.44. The van der Waals surface area contributed by atoms with Crippen molar-refractivity contribution < 1.29 is 4.74 Å². The summed E-state index contributed by atoms with van der Waals surface area (Å²) in [6.07, 6.45) is 1.88. The van der Waals surface area contributed by atoms with Crippen molar-refractivity contribution in [3.05, 3.63) is 24.0 Å². The molecule has 2 aromatic rings. The van der Waals surface area contributed by atoms with Crippen LogP contribution in [0.4, 0.5) is 0 Å². The van der Waals surface area contributed by atoms with Crippen molar-refractivity contribution in [2.75, 3.05) is 7.11 Å². The Morgan fingerprint density at radius 2 is 2.22 bits per heavy atom. The summed E-state index contributed by atoms with van der Waals surface area (Å²) in [5.74, 6) is 1.96. The predicted octanol–water partition coefficient (Wildman–Crippen LogP) is 2.34. The van der Waals surface area contributed by atoms with Crippen LogP contribution in [0.5, 0.6) is 5.75 Å². The second-order valence-electron chi connectivity index (χ2n) is 4.64. The van der Waals surface area contributed by atoms with Gasteiger partial charge in [0, 0.05) is 25.1 Å². The second kappa shape index (κ2) is 5.40. The summed E-state index contributed by atoms with van der Waals surface area (Å²) < 4.78 is 7.48. The summed E-state index contributed by atoms with van der Waals surface area (Å²) in [7, 11) is 1.68. The molecule has 0 saturated heterocycles. The molecule has 0 spiro atoms. The lowest BCUT2D eigenvalue weighted by atomic mass is 10.2. The Morgan fingerprint density at radius 3 is 2.83 bits per heavy atom. The van der Waals surface area contributed by atoms with Gasteiger partial charge < -0.3 is 15.0 Å². The predicted molar refractivity (Wildman–Crippen MR) is 73.9 cm³/mol. The van der Waals surface area contributed by atoms with Gasteiger partial charge in [-0.3, -0.25) is 0 Å². The highest BCUT2D eigenvalue weighted by Crippen LogP contribution is 2.22. The van der Waals surface area contributed by atoms with E-state index in [1.165, 1.54) is 0 Å². The minimum absolute atomic E-state index is 0.213. The highest BCUT2D eigenvalue weighted by atomic mass is 16.5. The van der Waals surface area contributed by atoms with Gasteiger partial charge in [0.05, 0.1) is 18.1 Å². The molecular weight excluding hydrogens is 226 g/mol. The highest BCUT2D eigenvalue weighted by molar-refractivity contribution is 5.77. The van der Waals surface area contributed by atoms with Crippen LogP contribution in [0.25, 0.3) is 11.0 Å². The number of rotatable bonds is 5. The Kier molecular flexibility index (Phi) is 3.87. The fourth-order valence-corrected chi connectivity index (χ4v) is 2.19. The zero-order chi connectivity index (χ0) is 13.1. The quantitative estimate of drug-likeness (QED) is 0.882. The number of hydrogen-bond acceptors (Lipinski definition) is 3. The van der Waals surface area contributed by atoms with Gasteiger partial charge in [-0.05, 0) is 32.4 Å². The maximum atomic E-state index is 5.81. The third-order valence-electron chi connectivity index (χ3n) is 3.17. The summed E-state index contributed by atoms with van der Waals surface area (Å²) in [4.78, 5) is 4.69. The van der Waals surface area contributed by atoms with E-state index >= 15 is 0 Å². The number of ether oxygens (including phenoxy) is 1. The topological polar surface area (TPSA) is 53.1 Å². The van der Waals surface area contributed by atoms with Gasteiger partial charge in [0.25, 0.3) is 0 Å². The van der Waals surface area contributed by atoms with Crippen molar-refractivity contribution >= 4 is 11.0 Å². The molecule has 0 aliphatic heterocycles. The maximum Gasteiger partial charge on any atom is 0.121 e. The van der Waals surface area contributed by atoms with Crippen molar-refractivity contribution in [1.29, 1.82) is 0 Å². The van der Waals surface area contributed by atoms with E-state index in [1.54, 1.807) is 7.11 Å². The molecule has 18 heavy (non-hydrogen) atoms. The van der Waals surface area contributed by atoms with E-state index in [1.807, 2.05) is 19.1 Å². The molecule has 98 valence electrons. The Bertz CT molecular complexity index is 531. The number of nitrogens with zero attached hydrogens (tertiary/aromatic N) is 2. The molecule has 0 aliphatic rings. The summed E-state index contributed by atoms with van der Waals surface area (Å²) in [5, 5.41) is 0. The van der Waals surface area contributed by atoms with E-state index in [4.69, 9.17) is 15.5 Å². The molecule has 0 saturated carbocycles. The molecule has 2 N–H and O–H groups in total. The average Bonchev–Trinajstić information content (AvgIpc) is 2.72. The van der Waals surface area contributed by atoms with Crippen LogP contribution in [0, 0.1) is 0 Å². The van der Waals surface area contributed by atoms with E-state index in [0.29, 0.717) is 0 Å². The second-order valence-corrected chi connectivity index (χ2v) is 4.64. The summed E-state index contributed by atoms with van der Waals surface area (Å²) >= 11 is 0. The first-order valence-corrected chi connectivity index (χ1v) is 6.44. The smallest absolute Gasteiger partial charge is 0.121 e. The fraction of sp³-hybridized carbons (Fsp3) is 0.500. The lowest BCUT2D eigenvalue weighted by Gasteiger charge is -2.07. The van der Waals surface area contributed by atoms with Crippen LogP contribution in [0.15, 0.2) is 18.2 Å². The van der Waals surface area contributed by atoms with Crippen LogP contribution in [-0.4, -0.2) is 22.7 Å². The molecule has 0 aliphatic carbocycles. The van der Waals surface area contributed by atoms with E-state index < -0.39 is 0 Å². The summed E-state index contributed by atoms with van der Waals surface area (Å²) in [5.41, 5.74) is 7.98. The molecule has 0 bridgehead atoms. The number of imidazole rings is 1. The van der Waals surface area contributed by atoms with E-state index in [-0.39, 0.29) is 6.04 Å². The molecule has 1 heterocycles. The Morgan fingerprint density at radius 1 is 1.44 bits per heavy atom. The van der Waals surface area contributed by atoms with E-state index in [0.717, 1.165) is 42.0 Å². The van der Waals surface area contributed by atoms with Gasteiger partial charge in [-0.1, -0.05) is 0 Å². The molecular formula is C14H21N3O. The monoisotopic (exact) mass is 247 g/mol. The molecule has 4 nitrogen and oxygen atoms in total. The standard InChI is InChI=1S/C14H21N3O/c1-4-17-13-7-6-11(18-3)9-12(13)16-14(17)8-5-10(2)15/h6-7,9-10H,4-5,8,15H2,1-3H3. The van der Waals surface area contributed by atoms with E-state index in [2.05, 4.69) is 17.6 Å². The Hall–Kier alpha value is -1.55. The normalized spacial score (nSPS) is 12.9. The van der Waals surface area contributed by atoms with Crippen LogP contribution in [0.3, 0.4) is 0 Å². The van der Waals surface area contributed by atoms with Gasteiger partial charge in [0.1, 0.15) is 11.6 Å². The average molecular weight is 247 g/mol. The first kappa shape index (κ1) is 12.9. The lowest BCUT2D eigenvalue weighted by molar-refractivity contribution is 0.415. The van der Waals surface area contributed by atoms with Crippen molar-refractivity contribution in [3.8, 4) is 5.75 Å². The number of hydrogen-bond donors (Lipinski definition) is 1. The third-order valence-corrected chi connectivity index (χ3v) is 3.17. The number of aromatic nitrogens is 2. The van der Waals surface area contributed by atoms with Gasteiger partial charge in [-0.25, -0.2) is 4.98 Å². The third kappa shape index (κ3) is 2.48. The van der Waals surface area contributed by atoms with Gasteiger partial charge in [0.2, 0.25) is 0 Å². The zero-order valence-corrected chi connectivity index (χ0v) is 11.3. The molecule has 1 unspecified atom stereocenters. The van der Waals surface area contributed by atoms with Crippen molar-refractivity contribution in [2.45, 2.75) is 39.3 Å². The van der Waals surface area contributed by atoms with Crippen LogP contribution >= 0.6 is 0 Å². The molecule has 1 aromatic carbocycles. The highest BCUT2D eigenvalue weighted by Gasteiger charge is 2.10. The first-order chi connectivity index (χ1) is 8.65. The lowest BCUT2D eigenvalue weighted by Crippen LogP contribution is -2.16. The number of aryl methyl sites for hydroxylation is 2. The molecule has 0 radical (unpaired) electrons. The van der Waals surface area contributed by atoms with Gasteiger partial charge in [0.15, 0.2) is 0 Å². The van der Waals surface area contributed by atoms with Crippen LogP contribution in [0.2, 0.25) is 0 Å². The summed E-state index contributed by atoms with van der Waals surface area (Å²) in [6, 6.07) is 6.24. The van der Waals surface area contributed by atoms with Gasteiger partial charge >= 0.3 is 0 Å². The van der Waals surface area contributed by atoms with Crippen molar-refractivity contribution in [2.24, 2.45) is 5.73 Å². The number of benzene rings is 1. The Labute approximate surface area is 108 Å². The van der Waals surface area contributed by atoms with Gasteiger partial charge in [-0.15, -0.1) is 0 Å². The molecule has 4 heteroatoms. The van der Waals surface area contributed by atoms with Gasteiger partial charge in [-0.2, -0.15) is 0 Å². The fourth-order valence-electron chi connectivity index (χ4n) is 2.19. The largest absolute Gasteiger partial charge is 0.497 e. The minimum atomic E-state index is 0.213. The Balaban J connectivity index is 2.40. The molecule has 2 rings (SSSR count). The molecule has 0 amide bonds. The number of fused-ring (bicyclic) bond motifs is 1. The maximum absolute atomic E-state index is 5.81. The van der Waals surface area contributed by atoms with Crippen LogP contribution in [-0.2, 0) is 13.0 Å². The summed E-state index contributed by atoms with van der Waals surface area (Å²) in [6.45, 7) is 5.10. The van der Waals surface area contributed by atoms with E-state index in [9.17, 15) is 0 Å². The number of nitrogens with two attached hydrogens (primary N) is 1. The SMILES string of the molecule is CCn1c(CCC(C)N)nc2cc(OC)ccc21. The molecule has 0 fully saturated rings. The van der Waals surface area contributed by atoms with Crippen LogP contribution in [0.1, 0.15) is 26.1 Å². The van der Waals surface area contributed by atoms with Crippen LogP contribution < -0.4 is 10.5 Å². The molecule has 1 aromatic heterocycles. The van der Waals surface area contributed by atoms with Crippen molar-refractivity contribution in [1.82, 2.24) is 9.55 Å². The minimum Gasteiger partial charge on any atom is -0.497 e. The number of methoxy groups -OCH3 is 1. The molecule has 1 atom stereocenters.